The summed E-state index contributed by atoms with van der Waals surface area (Å²) in [6, 6.07) is 8.13. The molecule has 0 saturated heterocycles. The van der Waals surface area contributed by atoms with Crippen LogP contribution in [-0.4, -0.2) is 5.60 Å². The predicted molar refractivity (Wildman–Crippen MR) is 76.5 cm³/mol. The first-order chi connectivity index (χ1) is 9.21. The van der Waals surface area contributed by atoms with Crippen molar-refractivity contribution in [3.63, 3.8) is 0 Å². The minimum absolute atomic E-state index is 0.218. The first-order valence-electron chi connectivity index (χ1n) is 7.69. The molecule has 0 amide bonds. The van der Waals surface area contributed by atoms with E-state index in [0.717, 1.165) is 30.0 Å². The second kappa shape index (κ2) is 4.24. The Balaban J connectivity index is 1.46. The van der Waals surface area contributed by atoms with Crippen molar-refractivity contribution in [1.82, 2.24) is 0 Å². The van der Waals surface area contributed by atoms with Crippen LogP contribution in [0.2, 0.25) is 0 Å². The summed E-state index contributed by atoms with van der Waals surface area (Å²) in [6.07, 6.45) is 8.37. The van der Waals surface area contributed by atoms with E-state index < -0.39 is 0 Å². The molecular weight excluding hydrogens is 234 g/mol. The number of nitrogen functional groups attached to an aromatic ring is 1. The minimum atomic E-state index is 0.218. The molecule has 2 heteroatoms. The van der Waals surface area contributed by atoms with E-state index >= 15 is 0 Å². The van der Waals surface area contributed by atoms with Gasteiger partial charge in [-0.1, -0.05) is 12.1 Å². The van der Waals surface area contributed by atoms with Crippen LogP contribution in [0.5, 0.6) is 0 Å². The average Bonchev–Trinajstić information content (AvgIpc) is 2.36. The molecule has 0 heterocycles. The predicted octanol–water partition coefficient (Wildman–Crippen LogP) is 3.75. The van der Waals surface area contributed by atoms with Crippen molar-refractivity contribution in [2.75, 3.05) is 5.73 Å². The third-order valence-corrected chi connectivity index (χ3v) is 5.51. The zero-order chi connectivity index (χ0) is 12.9. The molecule has 2 N–H and O–H groups in total. The van der Waals surface area contributed by atoms with Gasteiger partial charge in [-0.25, -0.2) is 0 Å². The molecule has 0 radical (unpaired) electrons. The minimum Gasteiger partial charge on any atom is -0.399 e. The van der Waals surface area contributed by atoms with Crippen molar-refractivity contribution in [2.45, 2.75) is 50.7 Å². The van der Waals surface area contributed by atoms with Crippen LogP contribution in [0.15, 0.2) is 24.3 Å². The van der Waals surface area contributed by atoms with E-state index in [4.69, 9.17) is 10.5 Å². The number of hydrogen-bond donors (Lipinski definition) is 1. The van der Waals surface area contributed by atoms with Crippen LogP contribution in [-0.2, 0) is 11.3 Å². The zero-order valence-corrected chi connectivity index (χ0v) is 11.5. The van der Waals surface area contributed by atoms with Crippen molar-refractivity contribution in [1.29, 1.82) is 0 Å². The Bertz CT molecular complexity index is 429. The van der Waals surface area contributed by atoms with Crippen LogP contribution in [0.25, 0.3) is 0 Å². The molecule has 4 saturated carbocycles. The molecule has 0 unspecified atom stereocenters. The van der Waals surface area contributed by atoms with Crippen LogP contribution in [0.1, 0.15) is 44.1 Å². The van der Waals surface area contributed by atoms with Crippen LogP contribution in [0, 0.1) is 17.8 Å². The summed E-state index contributed by atoms with van der Waals surface area (Å²) in [4.78, 5) is 0. The molecule has 4 bridgehead atoms. The Labute approximate surface area is 115 Å². The number of rotatable bonds is 3. The van der Waals surface area contributed by atoms with Gasteiger partial charge in [-0.2, -0.15) is 0 Å². The number of anilines is 1. The Morgan fingerprint density at radius 3 is 2.00 bits per heavy atom. The summed E-state index contributed by atoms with van der Waals surface area (Å²) in [7, 11) is 0. The molecule has 1 aromatic carbocycles. The summed E-state index contributed by atoms with van der Waals surface area (Å²) in [5.41, 5.74) is 8.03. The van der Waals surface area contributed by atoms with Gasteiger partial charge in [-0.05, 0) is 74.0 Å². The van der Waals surface area contributed by atoms with E-state index in [-0.39, 0.29) is 5.60 Å². The molecule has 0 spiro atoms. The van der Waals surface area contributed by atoms with Crippen LogP contribution < -0.4 is 5.73 Å². The average molecular weight is 257 g/mol. The maximum absolute atomic E-state index is 6.43. The van der Waals surface area contributed by atoms with Crippen molar-refractivity contribution in [3.05, 3.63) is 29.8 Å². The SMILES string of the molecule is Nc1ccc(COC23CC4CC(CC(C4)C2)C3)cc1. The summed E-state index contributed by atoms with van der Waals surface area (Å²) < 4.78 is 6.43. The first kappa shape index (κ1) is 11.8. The maximum atomic E-state index is 6.43. The van der Waals surface area contributed by atoms with Gasteiger partial charge in [0, 0.05) is 5.69 Å². The van der Waals surface area contributed by atoms with Crippen molar-refractivity contribution in [3.8, 4) is 0 Å². The molecular formula is C17H23NO. The van der Waals surface area contributed by atoms with E-state index in [2.05, 4.69) is 12.1 Å². The lowest BCUT2D eigenvalue weighted by Gasteiger charge is -2.56. The van der Waals surface area contributed by atoms with Crippen LogP contribution in [0.3, 0.4) is 0 Å². The number of hydrogen-bond acceptors (Lipinski definition) is 2. The highest BCUT2D eigenvalue weighted by atomic mass is 16.5. The van der Waals surface area contributed by atoms with Gasteiger partial charge in [0.1, 0.15) is 0 Å². The highest BCUT2D eigenvalue weighted by molar-refractivity contribution is 5.39. The van der Waals surface area contributed by atoms with Gasteiger partial charge >= 0.3 is 0 Å². The molecule has 19 heavy (non-hydrogen) atoms. The van der Waals surface area contributed by atoms with Crippen molar-refractivity contribution >= 4 is 5.69 Å². The van der Waals surface area contributed by atoms with Gasteiger partial charge < -0.3 is 10.5 Å². The summed E-state index contributed by atoms with van der Waals surface area (Å²) in [6.45, 7) is 0.756. The fourth-order valence-corrected chi connectivity index (χ4v) is 5.06. The fourth-order valence-electron chi connectivity index (χ4n) is 5.06. The number of ether oxygens (including phenoxy) is 1. The molecule has 4 aliphatic rings. The second-order valence-electron chi connectivity index (χ2n) is 7.13. The molecule has 102 valence electrons. The van der Waals surface area contributed by atoms with Gasteiger partial charge in [0.05, 0.1) is 12.2 Å². The lowest BCUT2D eigenvalue weighted by Crippen LogP contribution is -2.51. The topological polar surface area (TPSA) is 35.2 Å². The van der Waals surface area contributed by atoms with Crippen molar-refractivity contribution < 1.29 is 4.74 Å². The molecule has 0 atom stereocenters. The van der Waals surface area contributed by atoms with E-state index in [1.54, 1.807) is 0 Å². The molecule has 4 fully saturated rings. The lowest BCUT2D eigenvalue weighted by atomic mass is 9.54. The molecule has 0 aliphatic heterocycles. The molecule has 4 aliphatic carbocycles. The van der Waals surface area contributed by atoms with Crippen molar-refractivity contribution in [2.24, 2.45) is 17.8 Å². The second-order valence-corrected chi connectivity index (χ2v) is 7.13. The van der Waals surface area contributed by atoms with E-state index in [1.807, 2.05) is 12.1 Å². The largest absolute Gasteiger partial charge is 0.399 e. The molecule has 2 nitrogen and oxygen atoms in total. The smallest absolute Gasteiger partial charge is 0.0724 e. The van der Waals surface area contributed by atoms with Crippen LogP contribution in [0.4, 0.5) is 5.69 Å². The summed E-state index contributed by atoms with van der Waals surface area (Å²) >= 11 is 0. The highest BCUT2D eigenvalue weighted by Crippen LogP contribution is 2.57. The Morgan fingerprint density at radius 1 is 0.947 bits per heavy atom. The lowest BCUT2D eigenvalue weighted by molar-refractivity contribution is -0.168. The third-order valence-electron chi connectivity index (χ3n) is 5.51. The molecule has 0 aromatic heterocycles. The Morgan fingerprint density at radius 2 is 1.47 bits per heavy atom. The number of nitrogens with two attached hydrogens (primary N) is 1. The van der Waals surface area contributed by atoms with E-state index in [0.29, 0.717) is 0 Å². The zero-order valence-electron chi connectivity index (χ0n) is 11.5. The van der Waals surface area contributed by atoms with Gasteiger partial charge in [0.25, 0.3) is 0 Å². The normalized spacial score (nSPS) is 39.7. The maximum Gasteiger partial charge on any atom is 0.0724 e. The molecule has 1 aromatic rings. The van der Waals surface area contributed by atoms with Gasteiger partial charge in [0.2, 0.25) is 0 Å². The standard InChI is InChI=1S/C17H23NO/c18-16-3-1-12(2-4-16)11-19-17-8-13-5-14(9-17)7-15(6-13)10-17/h1-4,13-15H,5-11,18H2. The highest BCUT2D eigenvalue weighted by Gasteiger charge is 2.51. The Hall–Kier alpha value is -1.02. The Kier molecular flexibility index (Phi) is 2.63. The van der Waals surface area contributed by atoms with E-state index in [1.165, 1.54) is 44.1 Å². The summed E-state index contributed by atoms with van der Waals surface area (Å²) in [5, 5.41) is 0. The van der Waals surface area contributed by atoms with Gasteiger partial charge in [-0.3, -0.25) is 0 Å². The van der Waals surface area contributed by atoms with Gasteiger partial charge in [-0.15, -0.1) is 0 Å². The fraction of sp³-hybridized carbons (Fsp3) is 0.647. The molecule has 5 rings (SSSR count). The third kappa shape index (κ3) is 2.16. The van der Waals surface area contributed by atoms with Gasteiger partial charge in [0.15, 0.2) is 0 Å². The first-order valence-corrected chi connectivity index (χ1v) is 7.69. The number of benzene rings is 1. The monoisotopic (exact) mass is 257 g/mol. The summed E-state index contributed by atoms with van der Waals surface area (Å²) in [5.74, 6) is 2.87. The quantitative estimate of drug-likeness (QED) is 0.837. The van der Waals surface area contributed by atoms with E-state index in [9.17, 15) is 0 Å². The van der Waals surface area contributed by atoms with Crippen LogP contribution >= 0.6 is 0 Å².